The lowest BCUT2D eigenvalue weighted by Crippen LogP contribution is -2.35. The predicted molar refractivity (Wildman–Crippen MR) is 119 cm³/mol. The average Bonchev–Trinajstić information content (AvgIpc) is 3.05. The third kappa shape index (κ3) is 4.96. The number of ether oxygens (including phenoxy) is 2. The summed E-state index contributed by atoms with van der Waals surface area (Å²) in [7, 11) is 3.21. The summed E-state index contributed by atoms with van der Waals surface area (Å²) in [6.07, 6.45) is 4.35. The first-order valence-electron chi connectivity index (χ1n) is 10.5. The molecule has 8 heteroatoms. The van der Waals surface area contributed by atoms with Crippen LogP contribution in [0.4, 0.5) is 16.2 Å². The van der Waals surface area contributed by atoms with Crippen LogP contribution >= 0.6 is 0 Å². The summed E-state index contributed by atoms with van der Waals surface area (Å²) in [5.41, 5.74) is 1.38. The molecule has 0 atom stereocenters. The van der Waals surface area contributed by atoms with Crippen molar-refractivity contribution in [1.29, 1.82) is 0 Å². The largest absolute Gasteiger partial charge is 0.497 e. The van der Waals surface area contributed by atoms with Crippen molar-refractivity contribution in [3.63, 3.8) is 0 Å². The Hall–Kier alpha value is -3.55. The molecule has 2 heterocycles. The van der Waals surface area contributed by atoms with Gasteiger partial charge < -0.3 is 14.8 Å². The van der Waals surface area contributed by atoms with Crippen molar-refractivity contribution in [2.24, 2.45) is 0 Å². The van der Waals surface area contributed by atoms with Crippen LogP contribution < -0.4 is 19.7 Å². The van der Waals surface area contributed by atoms with Gasteiger partial charge in [0, 0.05) is 30.4 Å². The minimum absolute atomic E-state index is 0.266. The predicted octanol–water partition coefficient (Wildman–Crippen LogP) is 4.26. The van der Waals surface area contributed by atoms with Crippen LogP contribution in [0.15, 0.2) is 48.5 Å². The maximum absolute atomic E-state index is 13.3. The number of anilines is 2. The Morgan fingerprint density at radius 2 is 1.87 bits per heavy atom. The molecule has 8 nitrogen and oxygen atoms in total. The molecule has 1 aliphatic heterocycles. The lowest BCUT2D eigenvalue weighted by Gasteiger charge is -2.22. The van der Waals surface area contributed by atoms with Crippen LogP contribution in [0.25, 0.3) is 0 Å². The lowest BCUT2D eigenvalue weighted by molar-refractivity contribution is 0.256. The molecule has 0 saturated carbocycles. The number of rotatable bonds is 6. The molecule has 1 N–H and O–H groups in total. The molecule has 3 aromatic rings. The number of fused-ring (bicyclic) bond motifs is 1. The highest BCUT2D eigenvalue weighted by Gasteiger charge is 2.21. The van der Waals surface area contributed by atoms with E-state index in [0.717, 1.165) is 43.1 Å². The number of urea groups is 1. The van der Waals surface area contributed by atoms with E-state index in [1.54, 1.807) is 25.2 Å². The van der Waals surface area contributed by atoms with Gasteiger partial charge in [-0.1, -0.05) is 12.5 Å². The second-order valence-electron chi connectivity index (χ2n) is 7.42. The van der Waals surface area contributed by atoms with Crippen molar-refractivity contribution in [2.45, 2.75) is 38.8 Å². The van der Waals surface area contributed by atoms with E-state index in [1.807, 2.05) is 47.1 Å². The fourth-order valence-corrected chi connectivity index (χ4v) is 3.65. The first kappa shape index (κ1) is 20.7. The van der Waals surface area contributed by atoms with E-state index in [2.05, 4.69) is 10.4 Å². The van der Waals surface area contributed by atoms with Crippen molar-refractivity contribution in [1.82, 2.24) is 14.8 Å². The van der Waals surface area contributed by atoms with Crippen LogP contribution in [-0.4, -0.2) is 35.0 Å². The molecule has 0 aliphatic carbocycles. The summed E-state index contributed by atoms with van der Waals surface area (Å²) in [6, 6.07) is 14.4. The van der Waals surface area contributed by atoms with Crippen molar-refractivity contribution in [3.05, 3.63) is 60.2 Å². The maximum atomic E-state index is 13.3. The number of hydrogen-bond acceptors (Lipinski definition) is 5. The number of nitrogens with zero attached hydrogens (tertiary/aromatic N) is 4. The minimum atomic E-state index is -0.275. The zero-order valence-electron chi connectivity index (χ0n) is 17.9. The minimum Gasteiger partial charge on any atom is -0.497 e. The van der Waals surface area contributed by atoms with Gasteiger partial charge in [0.15, 0.2) is 5.82 Å². The maximum Gasteiger partial charge on any atom is 0.326 e. The molecular weight excluding hydrogens is 394 g/mol. The zero-order valence-corrected chi connectivity index (χ0v) is 17.9. The molecule has 0 unspecified atom stereocenters. The van der Waals surface area contributed by atoms with Crippen LogP contribution in [0.2, 0.25) is 0 Å². The number of carbonyl (C=O) groups is 1. The van der Waals surface area contributed by atoms with Gasteiger partial charge in [-0.2, -0.15) is 5.10 Å². The molecular formula is C23H27N5O3. The summed E-state index contributed by atoms with van der Waals surface area (Å²) in [6.45, 7) is 1.14. The van der Waals surface area contributed by atoms with Crippen molar-refractivity contribution >= 4 is 17.4 Å². The van der Waals surface area contributed by atoms with Gasteiger partial charge in [-0.15, -0.1) is 0 Å². The van der Waals surface area contributed by atoms with E-state index in [1.165, 1.54) is 6.42 Å². The van der Waals surface area contributed by atoms with Crippen LogP contribution in [0.5, 0.6) is 11.5 Å². The molecule has 162 valence electrons. The van der Waals surface area contributed by atoms with Crippen molar-refractivity contribution in [3.8, 4) is 11.5 Å². The fourth-order valence-electron chi connectivity index (χ4n) is 3.65. The topological polar surface area (TPSA) is 81.5 Å². The Morgan fingerprint density at radius 3 is 2.65 bits per heavy atom. The van der Waals surface area contributed by atoms with E-state index in [-0.39, 0.29) is 12.6 Å². The smallest absolute Gasteiger partial charge is 0.326 e. The molecule has 0 fully saturated rings. The molecule has 31 heavy (non-hydrogen) atoms. The highest BCUT2D eigenvalue weighted by Crippen LogP contribution is 2.23. The molecule has 2 amide bonds. The van der Waals surface area contributed by atoms with Crippen LogP contribution in [0.3, 0.4) is 0 Å². The van der Waals surface area contributed by atoms with Gasteiger partial charge in [-0.05, 0) is 49.2 Å². The zero-order chi connectivity index (χ0) is 21.6. The molecule has 1 aliphatic rings. The third-order valence-electron chi connectivity index (χ3n) is 5.31. The SMILES string of the molecule is COc1ccc(N(Cc2nc3n(n2)CCCCC3)C(=O)Nc2cccc(OC)c2)cc1. The monoisotopic (exact) mass is 421 g/mol. The summed E-state index contributed by atoms with van der Waals surface area (Å²) in [4.78, 5) is 19.6. The molecule has 4 rings (SSSR count). The van der Waals surface area contributed by atoms with E-state index in [4.69, 9.17) is 14.5 Å². The highest BCUT2D eigenvalue weighted by molar-refractivity contribution is 6.01. The molecule has 0 bridgehead atoms. The van der Waals surface area contributed by atoms with Gasteiger partial charge in [0.25, 0.3) is 0 Å². The number of hydrogen-bond donors (Lipinski definition) is 1. The normalized spacial score (nSPS) is 13.1. The standard InChI is InChI=1S/C23H27N5O3/c1-30-19-12-10-18(11-13-19)27(23(29)24-17-7-6-8-20(15-17)31-2)16-21-25-22-9-4-3-5-14-28(22)26-21/h6-8,10-13,15H,3-5,9,14,16H2,1-2H3,(H,24,29). The van der Waals surface area contributed by atoms with Crippen molar-refractivity contribution < 1.29 is 14.3 Å². The first-order chi connectivity index (χ1) is 15.2. The number of carbonyl (C=O) groups excluding carboxylic acids is 1. The van der Waals surface area contributed by atoms with E-state index >= 15 is 0 Å². The van der Waals surface area contributed by atoms with E-state index < -0.39 is 0 Å². The molecule has 0 radical (unpaired) electrons. The Morgan fingerprint density at radius 1 is 1.06 bits per heavy atom. The van der Waals surface area contributed by atoms with E-state index in [9.17, 15) is 4.79 Å². The summed E-state index contributed by atoms with van der Waals surface area (Å²) in [5, 5.41) is 7.62. The number of aryl methyl sites for hydroxylation is 2. The molecule has 0 saturated heterocycles. The van der Waals surface area contributed by atoms with Gasteiger partial charge in [0.1, 0.15) is 17.3 Å². The Kier molecular flexibility index (Phi) is 6.35. The number of nitrogens with one attached hydrogen (secondary N) is 1. The van der Waals surface area contributed by atoms with Gasteiger partial charge >= 0.3 is 6.03 Å². The quantitative estimate of drug-likeness (QED) is 0.643. The summed E-state index contributed by atoms with van der Waals surface area (Å²) >= 11 is 0. The molecule has 0 spiro atoms. The number of amides is 2. The van der Waals surface area contributed by atoms with Crippen LogP contribution in [0.1, 0.15) is 30.9 Å². The van der Waals surface area contributed by atoms with Gasteiger partial charge in [0.05, 0.1) is 20.8 Å². The average molecular weight is 422 g/mol. The summed E-state index contributed by atoms with van der Waals surface area (Å²) in [5.74, 6) is 3.03. The number of methoxy groups -OCH3 is 2. The molecule has 2 aromatic carbocycles. The van der Waals surface area contributed by atoms with Gasteiger partial charge in [-0.25, -0.2) is 14.5 Å². The second-order valence-corrected chi connectivity index (χ2v) is 7.42. The Labute approximate surface area is 181 Å². The van der Waals surface area contributed by atoms with Crippen molar-refractivity contribution in [2.75, 3.05) is 24.4 Å². The fraction of sp³-hybridized carbons (Fsp3) is 0.348. The Balaban J connectivity index is 1.59. The lowest BCUT2D eigenvalue weighted by atomic mass is 10.2. The third-order valence-corrected chi connectivity index (χ3v) is 5.31. The van der Waals surface area contributed by atoms with Gasteiger partial charge in [-0.3, -0.25) is 4.90 Å². The number of benzene rings is 2. The highest BCUT2D eigenvalue weighted by atomic mass is 16.5. The van der Waals surface area contributed by atoms with Gasteiger partial charge in [0.2, 0.25) is 0 Å². The summed E-state index contributed by atoms with van der Waals surface area (Å²) < 4.78 is 12.5. The molecule has 1 aromatic heterocycles. The second kappa shape index (κ2) is 9.51. The number of aromatic nitrogens is 3. The first-order valence-corrected chi connectivity index (χ1v) is 10.5. The van der Waals surface area contributed by atoms with Crippen LogP contribution in [-0.2, 0) is 19.5 Å². The Bertz CT molecular complexity index is 1010. The van der Waals surface area contributed by atoms with E-state index in [0.29, 0.717) is 17.3 Å². The van der Waals surface area contributed by atoms with Crippen LogP contribution in [0, 0.1) is 0 Å².